The number of methoxy groups -OCH3 is 1. The molecule has 2 aliphatic rings. The summed E-state index contributed by atoms with van der Waals surface area (Å²) in [6, 6.07) is 8.94. The number of nitrogens with zero attached hydrogens (tertiary/aromatic N) is 2. The summed E-state index contributed by atoms with van der Waals surface area (Å²) in [4.78, 5) is 2.25. The third-order valence-corrected chi connectivity index (χ3v) is 5.31. The van der Waals surface area contributed by atoms with Crippen LogP contribution in [0, 0.1) is 5.82 Å². The Morgan fingerprint density at radius 1 is 1.19 bits per heavy atom. The lowest BCUT2D eigenvalue weighted by molar-refractivity contribution is 0.170. The van der Waals surface area contributed by atoms with Crippen molar-refractivity contribution in [2.24, 2.45) is 0 Å². The van der Waals surface area contributed by atoms with E-state index in [-0.39, 0.29) is 18.8 Å². The fourth-order valence-corrected chi connectivity index (χ4v) is 4.10. The van der Waals surface area contributed by atoms with Crippen LogP contribution in [0.1, 0.15) is 17.3 Å². The SMILES string of the molecule is COc1c2c(cc3c1C(n1ccc4ccc(F)cc41)N(C)CC3)OCO2. The Morgan fingerprint density at radius 2 is 2.08 bits per heavy atom. The third-order valence-electron chi connectivity index (χ3n) is 5.31. The number of hydrogen-bond acceptors (Lipinski definition) is 4. The van der Waals surface area contributed by atoms with E-state index in [4.69, 9.17) is 14.2 Å². The lowest BCUT2D eigenvalue weighted by Crippen LogP contribution is -2.36. The van der Waals surface area contributed by atoms with Gasteiger partial charge in [-0.05, 0) is 54.8 Å². The minimum Gasteiger partial charge on any atom is -0.492 e. The molecule has 1 atom stereocenters. The molecule has 0 fully saturated rings. The first kappa shape index (κ1) is 15.5. The number of fused-ring (bicyclic) bond motifs is 3. The van der Waals surface area contributed by atoms with Crippen molar-refractivity contribution < 1.29 is 18.6 Å². The zero-order valence-electron chi connectivity index (χ0n) is 14.7. The average Bonchev–Trinajstić information content (AvgIpc) is 3.26. The van der Waals surface area contributed by atoms with Gasteiger partial charge in [0, 0.05) is 18.3 Å². The maximum Gasteiger partial charge on any atom is 0.231 e. The highest BCUT2D eigenvalue weighted by molar-refractivity contribution is 5.80. The topological polar surface area (TPSA) is 35.9 Å². The molecule has 3 aromatic rings. The largest absolute Gasteiger partial charge is 0.492 e. The molecule has 0 aliphatic carbocycles. The van der Waals surface area contributed by atoms with E-state index >= 15 is 0 Å². The summed E-state index contributed by atoms with van der Waals surface area (Å²) in [6.45, 7) is 1.09. The number of aromatic nitrogens is 1. The number of hydrogen-bond donors (Lipinski definition) is 0. The van der Waals surface area contributed by atoms with Gasteiger partial charge in [0.25, 0.3) is 0 Å². The third kappa shape index (κ3) is 2.12. The number of halogens is 1. The monoisotopic (exact) mass is 354 g/mol. The molecule has 3 heterocycles. The van der Waals surface area contributed by atoms with Gasteiger partial charge in [-0.1, -0.05) is 0 Å². The van der Waals surface area contributed by atoms with Crippen molar-refractivity contribution >= 4 is 10.9 Å². The molecule has 6 heteroatoms. The highest BCUT2D eigenvalue weighted by Crippen LogP contribution is 2.50. The Bertz CT molecular complexity index is 1010. The summed E-state index contributed by atoms with van der Waals surface area (Å²) in [6.07, 6.45) is 2.79. The summed E-state index contributed by atoms with van der Waals surface area (Å²) in [7, 11) is 3.72. The van der Waals surface area contributed by atoms with Crippen molar-refractivity contribution in [1.82, 2.24) is 9.47 Å². The van der Waals surface area contributed by atoms with E-state index in [1.807, 2.05) is 24.4 Å². The van der Waals surface area contributed by atoms with Crippen LogP contribution in [0.4, 0.5) is 4.39 Å². The Kier molecular flexibility index (Phi) is 3.37. The van der Waals surface area contributed by atoms with Crippen LogP contribution in [0.25, 0.3) is 10.9 Å². The van der Waals surface area contributed by atoms with Crippen LogP contribution in [-0.2, 0) is 6.42 Å². The van der Waals surface area contributed by atoms with E-state index in [9.17, 15) is 4.39 Å². The van der Waals surface area contributed by atoms with E-state index in [2.05, 4.69) is 16.5 Å². The first-order valence-electron chi connectivity index (χ1n) is 8.63. The molecule has 0 radical (unpaired) electrons. The van der Waals surface area contributed by atoms with Gasteiger partial charge in [0.2, 0.25) is 12.5 Å². The summed E-state index contributed by atoms with van der Waals surface area (Å²) in [5.74, 6) is 1.83. The second-order valence-corrected chi connectivity index (χ2v) is 6.75. The second-order valence-electron chi connectivity index (χ2n) is 6.75. The molecule has 26 heavy (non-hydrogen) atoms. The average molecular weight is 354 g/mol. The van der Waals surface area contributed by atoms with E-state index in [0.29, 0.717) is 11.5 Å². The number of ether oxygens (including phenoxy) is 3. The minimum atomic E-state index is -0.242. The Morgan fingerprint density at radius 3 is 2.92 bits per heavy atom. The van der Waals surface area contributed by atoms with Gasteiger partial charge >= 0.3 is 0 Å². The predicted octanol–water partition coefficient (Wildman–Crippen LogP) is 3.55. The molecule has 0 bridgehead atoms. The highest BCUT2D eigenvalue weighted by atomic mass is 19.1. The second kappa shape index (κ2) is 5.64. The Labute approximate surface area is 150 Å². The van der Waals surface area contributed by atoms with Crippen molar-refractivity contribution in [3.63, 3.8) is 0 Å². The van der Waals surface area contributed by atoms with Gasteiger partial charge in [-0.2, -0.15) is 0 Å². The van der Waals surface area contributed by atoms with E-state index in [1.165, 1.54) is 11.6 Å². The predicted molar refractivity (Wildman–Crippen MR) is 95.5 cm³/mol. The van der Waals surface area contributed by atoms with Gasteiger partial charge in [-0.3, -0.25) is 4.90 Å². The summed E-state index contributed by atoms with van der Waals surface area (Å²) >= 11 is 0. The normalized spacial score (nSPS) is 19.0. The van der Waals surface area contributed by atoms with Crippen LogP contribution in [0.5, 0.6) is 17.2 Å². The van der Waals surface area contributed by atoms with Crippen LogP contribution in [0.15, 0.2) is 36.5 Å². The van der Waals surface area contributed by atoms with Crippen molar-refractivity contribution in [3.8, 4) is 17.2 Å². The van der Waals surface area contributed by atoms with Crippen molar-refractivity contribution in [3.05, 3.63) is 53.5 Å². The zero-order valence-corrected chi connectivity index (χ0v) is 14.7. The van der Waals surface area contributed by atoms with E-state index in [1.54, 1.807) is 13.2 Å². The molecular formula is C20H19FN2O3. The lowest BCUT2D eigenvalue weighted by Gasteiger charge is -2.37. The molecule has 0 N–H and O–H groups in total. The summed E-state index contributed by atoms with van der Waals surface area (Å²) in [5.41, 5.74) is 3.08. The first-order chi connectivity index (χ1) is 12.7. The summed E-state index contributed by atoms with van der Waals surface area (Å²) in [5, 5.41) is 1.01. The van der Waals surface area contributed by atoms with Crippen LogP contribution in [-0.4, -0.2) is 37.0 Å². The fraction of sp³-hybridized carbons (Fsp3) is 0.300. The molecule has 1 unspecified atom stereocenters. The van der Waals surface area contributed by atoms with Gasteiger partial charge in [0.1, 0.15) is 12.0 Å². The lowest BCUT2D eigenvalue weighted by atomic mass is 9.94. The van der Waals surface area contributed by atoms with E-state index in [0.717, 1.165) is 35.2 Å². The molecule has 5 nitrogen and oxygen atoms in total. The molecule has 0 amide bonds. The van der Waals surface area contributed by atoms with Crippen molar-refractivity contribution in [2.45, 2.75) is 12.6 Å². The van der Waals surface area contributed by atoms with E-state index < -0.39 is 0 Å². The highest BCUT2D eigenvalue weighted by Gasteiger charge is 2.35. The van der Waals surface area contributed by atoms with Crippen LogP contribution >= 0.6 is 0 Å². The Hall–Kier alpha value is -2.73. The minimum absolute atomic E-state index is 0.109. The maximum atomic E-state index is 13.9. The molecule has 0 saturated carbocycles. The van der Waals surface area contributed by atoms with Crippen LogP contribution < -0.4 is 14.2 Å². The molecule has 5 rings (SSSR count). The van der Waals surface area contributed by atoms with Crippen LogP contribution in [0.2, 0.25) is 0 Å². The fourth-order valence-electron chi connectivity index (χ4n) is 4.10. The number of likely N-dealkylation sites (N-methyl/N-ethyl adjacent to an activating group) is 1. The molecule has 1 aromatic heterocycles. The molecule has 0 spiro atoms. The molecular weight excluding hydrogens is 335 g/mol. The van der Waals surface area contributed by atoms with Gasteiger partial charge in [0.15, 0.2) is 11.5 Å². The molecule has 134 valence electrons. The smallest absolute Gasteiger partial charge is 0.231 e. The van der Waals surface area contributed by atoms with Crippen LogP contribution in [0.3, 0.4) is 0 Å². The standard InChI is InChI=1S/C20H19FN2O3/c1-22-7-5-13-9-16-18(26-11-25-16)19(24-2)17(13)20(22)23-8-6-12-3-4-14(21)10-15(12)23/h3-4,6,8-10,20H,5,7,11H2,1-2H3. The molecule has 2 aliphatic heterocycles. The maximum absolute atomic E-state index is 13.9. The molecule has 2 aromatic carbocycles. The van der Waals surface area contributed by atoms with Gasteiger partial charge in [0.05, 0.1) is 12.6 Å². The van der Waals surface area contributed by atoms with Crippen molar-refractivity contribution in [2.75, 3.05) is 27.5 Å². The number of benzene rings is 2. The van der Waals surface area contributed by atoms with Crippen molar-refractivity contribution in [1.29, 1.82) is 0 Å². The van der Waals surface area contributed by atoms with Gasteiger partial charge in [-0.15, -0.1) is 0 Å². The number of rotatable bonds is 2. The quantitative estimate of drug-likeness (QED) is 0.705. The zero-order chi connectivity index (χ0) is 17.8. The molecule has 0 saturated heterocycles. The van der Waals surface area contributed by atoms with Gasteiger partial charge < -0.3 is 18.8 Å². The van der Waals surface area contributed by atoms with Gasteiger partial charge in [-0.25, -0.2) is 4.39 Å². The first-order valence-corrected chi connectivity index (χ1v) is 8.63. The Balaban J connectivity index is 1.77. The summed E-state index contributed by atoms with van der Waals surface area (Å²) < 4.78 is 33.0.